The predicted octanol–water partition coefficient (Wildman–Crippen LogP) is 1.58. The number of para-hydroxylation sites is 1. The fourth-order valence-corrected chi connectivity index (χ4v) is 4.64. The first kappa shape index (κ1) is 14.7. The number of hydrogen-bond acceptors (Lipinski definition) is 3. The third-order valence-electron chi connectivity index (χ3n) is 5.79. The second kappa shape index (κ2) is 4.95. The van der Waals surface area contributed by atoms with Crippen molar-refractivity contribution >= 4 is 22.8 Å². The Balaban J connectivity index is 1.37. The van der Waals surface area contributed by atoms with Crippen molar-refractivity contribution in [3.63, 3.8) is 0 Å². The molecule has 2 saturated heterocycles. The number of H-pyrrole nitrogens is 1. The van der Waals surface area contributed by atoms with Crippen LogP contribution in [0, 0.1) is 11.8 Å². The SMILES string of the molecule is O=C(O)[C@H]1[C@H]2C(=O)N(CCc3c[nH]c4ccccc34)C[C@@]23C=C[C@H]1O3. The van der Waals surface area contributed by atoms with Gasteiger partial charge in [-0.2, -0.15) is 0 Å². The Labute approximate surface area is 144 Å². The molecule has 2 bridgehead atoms. The average molecular weight is 338 g/mol. The third kappa shape index (κ3) is 1.94. The Morgan fingerprint density at radius 3 is 3.08 bits per heavy atom. The van der Waals surface area contributed by atoms with Gasteiger partial charge in [-0.05, 0) is 18.1 Å². The summed E-state index contributed by atoms with van der Waals surface area (Å²) in [7, 11) is 0. The van der Waals surface area contributed by atoms with Gasteiger partial charge in [0.2, 0.25) is 5.91 Å². The van der Waals surface area contributed by atoms with E-state index in [1.807, 2.05) is 30.5 Å². The zero-order valence-electron chi connectivity index (χ0n) is 13.5. The number of nitrogens with zero attached hydrogens (tertiary/aromatic N) is 1. The predicted molar refractivity (Wildman–Crippen MR) is 89.9 cm³/mol. The molecule has 6 heteroatoms. The Morgan fingerprint density at radius 2 is 2.24 bits per heavy atom. The molecule has 1 aromatic heterocycles. The molecule has 4 atom stereocenters. The van der Waals surface area contributed by atoms with E-state index in [0.717, 1.165) is 22.9 Å². The van der Waals surface area contributed by atoms with Crippen molar-refractivity contribution in [3.05, 3.63) is 48.2 Å². The molecule has 1 spiro atoms. The van der Waals surface area contributed by atoms with E-state index in [-0.39, 0.29) is 5.91 Å². The first-order valence-corrected chi connectivity index (χ1v) is 8.53. The second-order valence-corrected chi connectivity index (χ2v) is 7.11. The molecule has 2 aromatic rings. The van der Waals surface area contributed by atoms with Crippen LogP contribution >= 0.6 is 0 Å². The molecule has 3 aliphatic rings. The van der Waals surface area contributed by atoms with Gasteiger partial charge in [-0.1, -0.05) is 30.4 Å². The van der Waals surface area contributed by atoms with E-state index in [4.69, 9.17) is 4.74 Å². The van der Waals surface area contributed by atoms with Crippen molar-refractivity contribution in [2.75, 3.05) is 13.1 Å². The Bertz CT molecular complexity index is 917. The Kier molecular flexibility index (Phi) is 2.92. The average Bonchev–Trinajstić information content (AvgIpc) is 3.33. The lowest BCUT2D eigenvalue weighted by Gasteiger charge is -2.21. The first-order chi connectivity index (χ1) is 12.1. The van der Waals surface area contributed by atoms with E-state index < -0.39 is 29.5 Å². The lowest BCUT2D eigenvalue weighted by molar-refractivity contribution is -0.148. The van der Waals surface area contributed by atoms with Gasteiger partial charge in [0, 0.05) is 23.6 Å². The van der Waals surface area contributed by atoms with Crippen LogP contribution in [0.25, 0.3) is 10.9 Å². The number of carbonyl (C=O) groups is 2. The van der Waals surface area contributed by atoms with Crippen molar-refractivity contribution in [2.45, 2.75) is 18.1 Å². The van der Waals surface area contributed by atoms with Gasteiger partial charge < -0.3 is 19.7 Å². The van der Waals surface area contributed by atoms with Crippen molar-refractivity contribution in [3.8, 4) is 0 Å². The molecule has 0 radical (unpaired) electrons. The van der Waals surface area contributed by atoms with E-state index in [1.165, 1.54) is 0 Å². The molecule has 1 amide bonds. The molecule has 4 heterocycles. The number of amides is 1. The van der Waals surface area contributed by atoms with Crippen LogP contribution in [0.5, 0.6) is 0 Å². The number of aliphatic carboxylic acids is 1. The number of benzene rings is 1. The Hall–Kier alpha value is -2.60. The highest BCUT2D eigenvalue weighted by Crippen LogP contribution is 2.51. The monoisotopic (exact) mass is 338 g/mol. The van der Waals surface area contributed by atoms with Gasteiger partial charge in [0.1, 0.15) is 11.5 Å². The van der Waals surface area contributed by atoms with Crippen LogP contribution in [0.3, 0.4) is 0 Å². The smallest absolute Gasteiger partial charge is 0.310 e. The van der Waals surface area contributed by atoms with E-state index in [0.29, 0.717) is 13.1 Å². The minimum absolute atomic E-state index is 0.0981. The summed E-state index contributed by atoms with van der Waals surface area (Å²) in [5, 5.41) is 10.7. The molecule has 0 unspecified atom stereocenters. The molecule has 1 aromatic carbocycles. The molecule has 128 valence electrons. The lowest BCUT2D eigenvalue weighted by atomic mass is 9.77. The summed E-state index contributed by atoms with van der Waals surface area (Å²) in [5.74, 6) is -2.41. The van der Waals surface area contributed by atoms with Crippen molar-refractivity contribution in [1.29, 1.82) is 0 Å². The summed E-state index contributed by atoms with van der Waals surface area (Å²) in [6, 6.07) is 8.07. The number of carboxylic acids is 1. The quantitative estimate of drug-likeness (QED) is 0.829. The maximum atomic E-state index is 12.9. The highest BCUT2D eigenvalue weighted by atomic mass is 16.5. The topological polar surface area (TPSA) is 82.6 Å². The molecule has 5 rings (SSSR count). The summed E-state index contributed by atoms with van der Waals surface area (Å²) in [4.78, 5) is 29.4. The number of carboxylic acid groups (broad SMARTS) is 1. The van der Waals surface area contributed by atoms with Crippen LogP contribution < -0.4 is 0 Å². The summed E-state index contributed by atoms with van der Waals surface area (Å²) in [6.45, 7) is 1.00. The summed E-state index contributed by atoms with van der Waals surface area (Å²) in [6.07, 6.45) is 5.93. The van der Waals surface area contributed by atoms with E-state index in [9.17, 15) is 14.7 Å². The second-order valence-electron chi connectivity index (χ2n) is 7.11. The number of ether oxygens (including phenoxy) is 1. The number of carbonyl (C=O) groups excluding carboxylic acids is 1. The third-order valence-corrected chi connectivity index (χ3v) is 5.79. The van der Waals surface area contributed by atoms with Crippen LogP contribution in [0.2, 0.25) is 0 Å². The normalized spacial score (nSPS) is 32.7. The zero-order chi connectivity index (χ0) is 17.2. The standard InChI is InChI=1S/C19H18N2O4/c22-17-16-15(18(23)24)14-5-7-19(16,25-14)10-21(17)8-6-11-9-20-13-4-2-1-3-12(11)13/h1-5,7,9,14-16,20H,6,8,10H2,(H,23,24)/t14-,15-,16+,19+/m1/s1. The maximum Gasteiger partial charge on any atom is 0.310 e. The number of aromatic nitrogens is 1. The number of likely N-dealkylation sites (tertiary alicyclic amines) is 1. The summed E-state index contributed by atoms with van der Waals surface area (Å²) in [5.41, 5.74) is 1.50. The molecule has 25 heavy (non-hydrogen) atoms. The van der Waals surface area contributed by atoms with Crippen LogP contribution in [0.1, 0.15) is 5.56 Å². The van der Waals surface area contributed by atoms with Gasteiger partial charge in [-0.3, -0.25) is 9.59 Å². The molecular formula is C19H18N2O4. The van der Waals surface area contributed by atoms with Gasteiger partial charge in [-0.15, -0.1) is 0 Å². The van der Waals surface area contributed by atoms with Crippen LogP contribution in [-0.2, 0) is 20.7 Å². The fourth-order valence-electron chi connectivity index (χ4n) is 4.64. The van der Waals surface area contributed by atoms with Crippen molar-refractivity contribution in [2.24, 2.45) is 11.8 Å². The number of aromatic amines is 1. The summed E-state index contributed by atoms with van der Waals surface area (Å²) < 4.78 is 5.91. The van der Waals surface area contributed by atoms with Crippen molar-refractivity contribution in [1.82, 2.24) is 9.88 Å². The van der Waals surface area contributed by atoms with Crippen LogP contribution in [-0.4, -0.2) is 51.7 Å². The van der Waals surface area contributed by atoms with Crippen molar-refractivity contribution < 1.29 is 19.4 Å². The molecule has 2 fully saturated rings. The molecule has 3 aliphatic heterocycles. The van der Waals surface area contributed by atoms with E-state index in [2.05, 4.69) is 11.1 Å². The summed E-state index contributed by atoms with van der Waals surface area (Å²) >= 11 is 0. The Morgan fingerprint density at radius 1 is 1.40 bits per heavy atom. The van der Waals surface area contributed by atoms with E-state index in [1.54, 1.807) is 11.0 Å². The highest BCUT2D eigenvalue weighted by Gasteiger charge is 2.66. The van der Waals surface area contributed by atoms with Gasteiger partial charge in [0.05, 0.1) is 18.6 Å². The minimum atomic E-state index is -0.951. The molecule has 2 N–H and O–H groups in total. The zero-order valence-corrected chi connectivity index (χ0v) is 13.5. The number of rotatable bonds is 4. The number of fused-ring (bicyclic) bond motifs is 2. The molecule has 0 aliphatic carbocycles. The largest absolute Gasteiger partial charge is 0.481 e. The van der Waals surface area contributed by atoms with Gasteiger partial charge in [0.25, 0.3) is 0 Å². The highest BCUT2D eigenvalue weighted by molar-refractivity contribution is 5.91. The van der Waals surface area contributed by atoms with Gasteiger partial charge >= 0.3 is 5.97 Å². The van der Waals surface area contributed by atoms with E-state index >= 15 is 0 Å². The molecule has 0 saturated carbocycles. The minimum Gasteiger partial charge on any atom is -0.481 e. The fraction of sp³-hybridized carbons (Fsp3) is 0.368. The van der Waals surface area contributed by atoms with Gasteiger partial charge in [0.15, 0.2) is 0 Å². The van der Waals surface area contributed by atoms with Crippen LogP contribution in [0.4, 0.5) is 0 Å². The maximum absolute atomic E-state index is 12.9. The molecular weight excluding hydrogens is 320 g/mol. The van der Waals surface area contributed by atoms with Crippen LogP contribution in [0.15, 0.2) is 42.6 Å². The number of hydrogen-bond donors (Lipinski definition) is 2. The number of nitrogens with one attached hydrogen (secondary N) is 1. The lowest BCUT2D eigenvalue weighted by Crippen LogP contribution is -2.39. The van der Waals surface area contributed by atoms with Gasteiger partial charge in [-0.25, -0.2) is 0 Å². The first-order valence-electron chi connectivity index (χ1n) is 8.53. The molecule has 6 nitrogen and oxygen atoms in total.